The molecule has 18 heavy (non-hydrogen) atoms. The molecule has 0 amide bonds. The van der Waals surface area contributed by atoms with Crippen molar-refractivity contribution in [3.8, 4) is 0 Å². The number of aliphatic hydroxyl groups is 1. The number of rotatable bonds is 4. The van der Waals surface area contributed by atoms with Crippen molar-refractivity contribution in [2.45, 2.75) is 62.3 Å². The van der Waals surface area contributed by atoms with Crippen molar-refractivity contribution in [1.82, 2.24) is 9.78 Å². The Kier molecular flexibility index (Phi) is 3.94. The fourth-order valence-corrected chi connectivity index (χ4v) is 4.40. The highest BCUT2D eigenvalue weighted by Crippen LogP contribution is 2.31. The molecule has 2 unspecified atom stereocenters. The standard InChI is InChI=1S/C14H22N2OS/c17-13(14-6-3-9-18-14)10-11-7-8-16(15-11)12-4-1-2-5-12/h7-8,12-14,17H,1-6,9-10H2. The van der Waals surface area contributed by atoms with E-state index in [2.05, 4.69) is 22.0 Å². The third-order valence-corrected chi connectivity index (χ3v) is 5.68. The van der Waals surface area contributed by atoms with Gasteiger partial charge in [0.15, 0.2) is 0 Å². The number of aliphatic hydroxyl groups excluding tert-OH is 1. The van der Waals surface area contributed by atoms with Crippen molar-refractivity contribution in [3.63, 3.8) is 0 Å². The van der Waals surface area contributed by atoms with Gasteiger partial charge >= 0.3 is 0 Å². The lowest BCUT2D eigenvalue weighted by atomic mass is 10.1. The van der Waals surface area contributed by atoms with E-state index in [9.17, 15) is 5.11 Å². The first kappa shape index (κ1) is 12.5. The molecule has 1 saturated carbocycles. The van der Waals surface area contributed by atoms with Crippen LogP contribution in [0.25, 0.3) is 0 Å². The third kappa shape index (κ3) is 2.75. The van der Waals surface area contributed by atoms with Crippen LogP contribution in [-0.4, -0.2) is 32.0 Å². The Hall–Kier alpha value is -0.480. The first-order valence-corrected chi connectivity index (χ1v) is 8.21. The van der Waals surface area contributed by atoms with Gasteiger partial charge in [0.05, 0.1) is 17.8 Å². The lowest BCUT2D eigenvalue weighted by Crippen LogP contribution is -2.23. The van der Waals surface area contributed by atoms with Gasteiger partial charge in [-0.05, 0) is 37.5 Å². The molecule has 1 aromatic heterocycles. The molecule has 0 radical (unpaired) electrons. The van der Waals surface area contributed by atoms with Gasteiger partial charge in [0.25, 0.3) is 0 Å². The molecule has 2 fully saturated rings. The summed E-state index contributed by atoms with van der Waals surface area (Å²) in [6.45, 7) is 0. The van der Waals surface area contributed by atoms with Gasteiger partial charge in [-0.1, -0.05) is 12.8 Å². The second-order valence-corrected chi connectivity index (χ2v) is 6.90. The zero-order valence-electron chi connectivity index (χ0n) is 10.8. The summed E-state index contributed by atoms with van der Waals surface area (Å²) in [7, 11) is 0. The summed E-state index contributed by atoms with van der Waals surface area (Å²) >= 11 is 1.92. The molecular weight excluding hydrogens is 244 g/mol. The Morgan fingerprint density at radius 3 is 2.89 bits per heavy atom. The molecule has 4 heteroatoms. The minimum Gasteiger partial charge on any atom is -0.392 e. The van der Waals surface area contributed by atoms with Crippen LogP contribution in [0, 0.1) is 0 Å². The Morgan fingerprint density at radius 2 is 2.17 bits per heavy atom. The molecule has 1 saturated heterocycles. The van der Waals surface area contributed by atoms with Crippen LogP contribution in [-0.2, 0) is 6.42 Å². The van der Waals surface area contributed by atoms with Gasteiger partial charge in [-0.3, -0.25) is 4.68 Å². The summed E-state index contributed by atoms with van der Waals surface area (Å²) in [4.78, 5) is 0. The number of hydrogen-bond acceptors (Lipinski definition) is 3. The Labute approximate surface area is 113 Å². The Morgan fingerprint density at radius 1 is 1.33 bits per heavy atom. The lowest BCUT2D eigenvalue weighted by Gasteiger charge is -2.15. The van der Waals surface area contributed by atoms with Gasteiger partial charge in [0.1, 0.15) is 0 Å². The summed E-state index contributed by atoms with van der Waals surface area (Å²) in [5, 5.41) is 15.3. The van der Waals surface area contributed by atoms with E-state index in [4.69, 9.17) is 0 Å². The predicted molar refractivity (Wildman–Crippen MR) is 74.9 cm³/mol. The highest BCUT2D eigenvalue weighted by molar-refractivity contribution is 8.00. The highest BCUT2D eigenvalue weighted by Gasteiger charge is 2.25. The zero-order chi connectivity index (χ0) is 12.4. The normalized spacial score (nSPS) is 26.8. The third-order valence-electron chi connectivity index (χ3n) is 4.17. The number of thioether (sulfide) groups is 1. The van der Waals surface area contributed by atoms with Crippen LogP contribution in [0.4, 0.5) is 0 Å². The van der Waals surface area contributed by atoms with Gasteiger partial charge in [0, 0.05) is 17.9 Å². The quantitative estimate of drug-likeness (QED) is 0.910. The molecule has 100 valence electrons. The van der Waals surface area contributed by atoms with E-state index >= 15 is 0 Å². The van der Waals surface area contributed by atoms with Gasteiger partial charge in [-0.2, -0.15) is 16.9 Å². The molecule has 3 nitrogen and oxygen atoms in total. The topological polar surface area (TPSA) is 38.0 Å². The van der Waals surface area contributed by atoms with E-state index in [0.29, 0.717) is 11.3 Å². The largest absolute Gasteiger partial charge is 0.392 e. The van der Waals surface area contributed by atoms with Crippen molar-refractivity contribution >= 4 is 11.8 Å². The summed E-state index contributed by atoms with van der Waals surface area (Å²) in [6, 6.07) is 2.69. The molecule has 1 N–H and O–H groups in total. The van der Waals surface area contributed by atoms with Crippen LogP contribution in [0.3, 0.4) is 0 Å². The minimum absolute atomic E-state index is 0.218. The first-order valence-electron chi connectivity index (χ1n) is 7.16. The SMILES string of the molecule is OC(Cc1ccn(C2CCCC2)n1)C1CCCS1. The average molecular weight is 266 g/mol. The van der Waals surface area contributed by atoms with E-state index in [0.717, 1.165) is 18.5 Å². The summed E-state index contributed by atoms with van der Waals surface area (Å²) in [6.07, 6.45) is 10.2. The van der Waals surface area contributed by atoms with E-state index in [1.54, 1.807) is 0 Å². The minimum atomic E-state index is -0.218. The van der Waals surface area contributed by atoms with Crippen molar-refractivity contribution in [2.75, 3.05) is 5.75 Å². The molecule has 0 spiro atoms. The molecule has 1 aliphatic carbocycles. The summed E-state index contributed by atoms with van der Waals surface area (Å²) < 4.78 is 2.12. The van der Waals surface area contributed by atoms with Gasteiger partial charge in [-0.15, -0.1) is 0 Å². The molecule has 2 atom stereocenters. The second kappa shape index (κ2) is 5.66. The molecule has 0 aromatic carbocycles. The lowest BCUT2D eigenvalue weighted by molar-refractivity contribution is 0.168. The number of hydrogen-bond donors (Lipinski definition) is 1. The maximum Gasteiger partial charge on any atom is 0.0714 e. The van der Waals surface area contributed by atoms with Gasteiger partial charge in [-0.25, -0.2) is 0 Å². The summed E-state index contributed by atoms with van der Waals surface area (Å²) in [5.74, 6) is 1.21. The van der Waals surface area contributed by atoms with Crippen molar-refractivity contribution < 1.29 is 5.11 Å². The van der Waals surface area contributed by atoms with E-state index in [-0.39, 0.29) is 6.10 Å². The average Bonchev–Trinajstić information content (AvgIpc) is 3.12. The maximum absolute atomic E-state index is 10.2. The predicted octanol–water partition coefficient (Wildman–Crippen LogP) is 2.80. The van der Waals surface area contributed by atoms with E-state index in [1.807, 2.05) is 11.8 Å². The molecule has 3 rings (SSSR count). The number of nitrogens with zero attached hydrogens (tertiary/aromatic N) is 2. The van der Waals surface area contributed by atoms with Crippen LogP contribution in [0.5, 0.6) is 0 Å². The summed E-state index contributed by atoms with van der Waals surface area (Å²) in [5.41, 5.74) is 1.06. The Balaban J connectivity index is 1.58. The maximum atomic E-state index is 10.2. The molecule has 1 aliphatic heterocycles. The van der Waals surface area contributed by atoms with E-state index < -0.39 is 0 Å². The molecule has 2 heterocycles. The highest BCUT2D eigenvalue weighted by atomic mass is 32.2. The van der Waals surface area contributed by atoms with Crippen molar-refractivity contribution in [2.24, 2.45) is 0 Å². The molecular formula is C14H22N2OS. The first-order chi connectivity index (χ1) is 8.83. The van der Waals surface area contributed by atoms with Gasteiger partial charge in [0.2, 0.25) is 0 Å². The van der Waals surface area contributed by atoms with Crippen LogP contribution >= 0.6 is 11.8 Å². The smallest absolute Gasteiger partial charge is 0.0714 e. The fourth-order valence-electron chi connectivity index (χ4n) is 3.11. The second-order valence-electron chi connectivity index (χ2n) is 5.55. The van der Waals surface area contributed by atoms with Crippen LogP contribution in [0.15, 0.2) is 12.3 Å². The van der Waals surface area contributed by atoms with Crippen molar-refractivity contribution in [1.29, 1.82) is 0 Å². The van der Waals surface area contributed by atoms with Crippen LogP contribution < -0.4 is 0 Å². The van der Waals surface area contributed by atoms with Gasteiger partial charge < -0.3 is 5.11 Å². The van der Waals surface area contributed by atoms with Crippen LogP contribution in [0.1, 0.15) is 50.3 Å². The Bertz CT molecular complexity index is 381. The van der Waals surface area contributed by atoms with Crippen molar-refractivity contribution in [3.05, 3.63) is 18.0 Å². The fraction of sp³-hybridized carbons (Fsp3) is 0.786. The molecule has 1 aromatic rings. The monoisotopic (exact) mass is 266 g/mol. The molecule has 0 bridgehead atoms. The zero-order valence-corrected chi connectivity index (χ0v) is 11.6. The molecule has 2 aliphatic rings. The van der Waals surface area contributed by atoms with E-state index in [1.165, 1.54) is 37.9 Å². The number of aromatic nitrogens is 2. The van der Waals surface area contributed by atoms with Crippen LogP contribution in [0.2, 0.25) is 0 Å².